The van der Waals surface area contributed by atoms with E-state index in [-0.39, 0.29) is 5.41 Å². The average molecular weight is 284 g/mol. The lowest BCUT2D eigenvalue weighted by molar-refractivity contribution is 0.590. The van der Waals surface area contributed by atoms with Gasteiger partial charge >= 0.3 is 0 Å². The number of thiazole rings is 1. The molecule has 0 saturated heterocycles. The minimum atomic E-state index is 0.202. The third-order valence-electron chi connectivity index (χ3n) is 2.38. The lowest BCUT2D eigenvalue weighted by Crippen LogP contribution is -2.10. The van der Waals surface area contributed by atoms with Gasteiger partial charge in [0.1, 0.15) is 5.15 Å². The van der Waals surface area contributed by atoms with Gasteiger partial charge in [-0.15, -0.1) is 11.3 Å². The van der Waals surface area contributed by atoms with Crippen LogP contribution in [0.3, 0.4) is 0 Å². The van der Waals surface area contributed by atoms with Crippen LogP contribution in [0.1, 0.15) is 26.3 Å². The van der Waals surface area contributed by atoms with Crippen LogP contribution in [0, 0.1) is 0 Å². The van der Waals surface area contributed by atoms with E-state index in [1.165, 1.54) is 10.5 Å². The number of aromatic nitrogens is 1. The third kappa shape index (κ3) is 3.47. The molecule has 90 valence electrons. The second-order valence-corrected chi connectivity index (χ2v) is 7.38. The summed E-state index contributed by atoms with van der Waals surface area (Å²) in [4.78, 5) is 5.42. The molecule has 0 aliphatic rings. The predicted octanol–water partition coefficient (Wildman–Crippen LogP) is 5.25. The standard InChI is InChI=1S/C13H14ClNS2/c1-13(2,3)9-4-6-10(7-5-9)17-12-15-11(14)8-16-12/h4-8H,1-3H3. The Morgan fingerprint density at radius 1 is 1.18 bits per heavy atom. The molecule has 0 saturated carbocycles. The summed E-state index contributed by atoms with van der Waals surface area (Å²) in [7, 11) is 0. The highest BCUT2D eigenvalue weighted by Crippen LogP contribution is 2.32. The van der Waals surface area contributed by atoms with E-state index in [1.54, 1.807) is 23.1 Å². The van der Waals surface area contributed by atoms with Gasteiger partial charge < -0.3 is 0 Å². The van der Waals surface area contributed by atoms with Crippen molar-refractivity contribution in [3.05, 3.63) is 40.4 Å². The van der Waals surface area contributed by atoms with Gasteiger partial charge in [0.05, 0.1) is 0 Å². The largest absolute Gasteiger partial charge is 0.218 e. The molecule has 1 nitrogen and oxygen atoms in total. The molecular weight excluding hydrogens is 270 g/mol. The maximum absolute atomic E-state index is 5.80. The molecule has 0 atom stereocenters. The van der Waals surface area contributed by atoms with Gasteiger partial charge in [0.25, 0.3) is 0 Å². The van der Waals surface area contributed by atoms with Crippen LogP contribution in [0.5, 0.6) is 0 Å². The Morgan fingerprint density at radius 3 is 2.29 bits per heavy atom. The lowest BCUT2D eigenvalue weighted by Gasteiger charge is -2.18. The highest BCUT2D eigenvalue weighted by atomic mass is 35.5. The summed E-state index contributed by atoms with van der Waals surface area (Å²) in [6, 6.07) is 8.64. The Morgan fingerprint density at radius 2 is 1.82 bits per heavy atom. The summed E-state index contributed by atoms with van der Waals surface area (Å²) in [5.41, 5.74) is 1.55. The van der Waals surface area contributed by atoms with E-state index in [0.717, 1.165) is 4.34 Å². The van der Waals surface area contributed by atoms with Gasteiger partial charge in [0.2, 0.25) is 0 Å². The minimum Gasteiger partial charge on any atom is -0.218 e. The van der Waals surface area contributed by atoms with Gasteiger partial charge in [0, 0.05) is 10.3 Å². The predicted molar refractivity (Wildman–Crippen MR) is 76.4 cm³/mol. The molecule has 1 aromatic carbocycles. The third-order valence-corrected chi connectivity index (χ3v) is 4.65. The van der Waals surface area contributed by atoms with E-state index in [0.29, 0.717) is 5.15 Å². The average Bonchev–Trinajstić information content (AvgIpc) is 2.63. The van der Waals surface area contributed by atoms with E-state index in [1.807, 2.05) is 5.38 Å². The number of hydrogen-bond donors (Lipinski definition) is 0. The van der Waals surface area contributed by atoms with Crippen molar-refractivity contribution in [2.24, 2.45) is 0 Å². The van der Waals surface area contributed by atoms with E-state index in [2.05, 4.69) is 50.0 Å². The van der Waals surface area contributed by atoms with Crippen molar-refractivity contribution < 1.29 is 0 Å². The van der Waals surface area contributed by atoms with Crippen molar-refractivity contribution >= 4 is 34.7 Å². The van der Waals surface area contributed by atoms with E-state index in [4.69, 9.17) is 11.6 Å². The molecule has 0 fully saturated rings. The molecule has 1 aromatic heterocycles. The van der Waals surface area contributed by atoms with Crippen molar-refractivity contribution in [1.82, 2.24) is 4.98 Å². The topological polar surface area (TPSA) is 12.9 Å². The number of benzene rings is 1. The van der Waals surface area contributed by atoms with Crippen LogP contribution < -0.4 is 0 Å². The molecule has 0 aliphatic heterocycles. The maximum Gasteiger partial charge on any atom is 0.156 e. The van der Waals surface area contributed by atoms with Crippen LogP contribution in [0.4, 0.5) is 0 Å². The highest BCUT2D eigenvalue weighted by Gasteiger charge is 2.13. The molecule has 0 bridgehead atoms. The summed E-state index contributed by atoms with van der Waals surface area (Å²) in [6.07, 6.45) is 0. The molecule has 0 aliphatic carbocycles. The summed E-state index contributed by atoms with van der Waals surface area (Å²) < 4.78 is 0.985. The number of nitrogens with zero attached hydrogens (tertiary/aromatic N) is 1. The van der Waals surface area contributed by atoms with Crippen LogP contribution in [-0.2, 0) is 5.41 Å². The maximum atomic E-state index is 5.80. The molecule has 2 rings (SSSR count). The Bertz CT molecular complexity index is 497. The van der Waals surface area contributed by atoms with Crippen molar-refractivity contribution in [2.45, 2.75) is 35.4 Å². The molecule has 4 heteroatoms. The van der Waals surface area contributed by atoms with Crippen LogP contribution >= 0.6 is 34.7 Å². The van der Waals surface area contributed by atoms with Gasteiger partial charge in [-0.25, -0.2) is 4.98 Å². The van der Waals surface area contributed by atoms with Crippen LogP contribution in [0.2, 0.25) is 5.15 Å². The van der Waals surface area contributed by atoms with Gasteiger partial charge in [-0.3, -0.25) is 0 Å². The molecule has 0 N–H and O–H groups in total. The Labute approximate surface area is 115 Å². The van der Waals surface area contributed by atoms with Gasteiger partial charge in [-0.2, -0.15) is 0 Å². The smallest absolute Gasteiger partial charge is 0.156 e. The lowest BCUT2D eigenvalue weighted by atomic mass is 9.87. The highest BCUT2D eigenvalue weighted by molar-refractivity contribution is 8.01. The summed E-state index contributed by atoms with van der Waals surface area (Å²) in [6.45, 7) is 6.65. The summed E-state index contributed by atoms with van der Waals surface area (Å²) in [5.74, 6) is 0. The normalized spacial score (nSPS) is 11.8. The molecule has 1 heterocycles. The first-order valence-electron chi connectivity index (χ1n) is 5.34. The van der Waals surface area contributed by atoms with Crippen molar-refractivity contribution in [3.8, 4) is 0 Å². The van der Waals surface area contributed by atoms with E-state index in [9.17, 15) is 0 Å². The fourth-order valence-electron chi connectivity index (χ4n) is 1.41. The minimum absolute atomic E-state index is 0.202. The quantitative estimate of drug-likeness (QED) is 0.747. The Kier molecular flexibility index (Phi) is 3.81. The van der Waals surface area contributed by atoms with Gasteiger partial charge in [-0.05, 0) is 23.1 Å². The van der Waals surface area contributed by atoms with Crippen LogP contribution in [-0.4, -0.2) is 4.98 Å². The molecule has 2 aromatic rings. The van der Waals surface area contributed by atoms with E-state index < -0.39 is 0 Å². The zero-order valence-electron chi connectivity index (χ0n) is 10.0. The molecule has 0 radical (unpaired) electrons. The monoisotopic (exact) mass is 283 g/mol. The fourth-order valence-corrected chi connectivity index (χ4v) is 3.37. The second kappa shape index (κ2) is 5.01. The van der Waals surface area contributed by atoms with Gasteiger partial charge in [0.15, 0.2) is 4.34 Å². The molecule has 0 amide bonds. The zero-order valence-corrected chi connectivity index (χ0v) is 12.4. The molecule has 0 unspecified atom stereocenters. The summed E-state index contributed by atoms with van der Waals surface area (Å²) in [5, 5.41) is 2.43. The first-order chi connectivity index (χ1) is 7.95. The zero-order chi connectivity index (χ0) is 12.5. The number of hydrogen-bond acceptors (Lipinski definition) is 3. The molecule has 0 spiro atoms. The van der Waals surface area contributed by atoms with Gasteiger partial charge in [-0.1, -0.05) is 56.3 Å². The first kappa shape index (κ1) is 12.9. The van der Waals surface area contributed by atoms with E-state index >= 15 is 0 Å². The fraction of sp³-hybridized carbons (Fsp3) is 0.308. The summed E-state index contributed by atoms with van der Waals surface area (Å²) >= 11 is 9.02. The Balaban J connectivity index is 2.13. The van der Waals surface area contributed by atoms with Crippen LogP contribution in [0.25, 0.3) is 0 Å². The van der Waals surface area contributed by atoms with Crippen LogP contribution in [0.15, 0.2) is 38.9 Å². The first-order valence-corrected chi connectivity index (χ1v) is 7.42. The van der Waals surface area contributed by atoms with Crippen molar-refractivity contribution in [3.63, 3.8) is 0 Å². The van der Waals surface area contributed by atoms with Crippen molar-refractivity contribution in [1.29, 1.82) is 0 Å². The van der Waals surface area contributed by atoms with Crippen molar-refractivity contribution in [2.75, 3.05) is 0 Å². The molecule has 17 heavy (non-hydrogen) atoms. The number of rotatable bonds is 2. The number of halogens is 1. The second-order valence-electron chi connectivity index (χ2n) is 4.81. The SMILES string of the molecule is CC(C)(C)c1ccc(Sc2nc(Cl)cs2)cc1. The Hall–Kier alpha value is -0.510. The molecular formula is C13H14ClNS2.